The molecule has 1 N–H and O–H groups in total. The van der Waals surface area contributed by atoms with Crippen LogP contribution in [0.1, 0.15) is 25.8 Å². The molecular formula is C21H27ClN2O4S. The molecule has 0 radical (unpaired) electrons. The van der Waals surface area contributed by atoms with Crippen molar-refractivity contribution in [1.82, 2.24) is 9.62 Å². The van der Waals surface area contributed by atoms with Crippen molar-refractivity contribution in [3.63, 3.8) is 0 Å². The predicted octanol–water partition coefficient (Wildman–Crippen LogP) is 3.50. The molecule has 0 heterocycles. The molecule has 0 spiro atoms. The second-order valence-corrected chi connectivity index (χ2v) is 9.09. The summed E-state index contributed by atoms with van der Waals surface area (Å²) in [6.07, 6.45) is 1.25. The summed E-state index contributed by atoms with van der Waals surface area (Å²) < 4.78 is 32.8. The molecule has 1 unspecified atom stereocenters. The van der Waals surface area contributed by atoms with Gasteiger partial charge in [0.05, 0.1) is 23.6 Å². The van der Waals surface area contributed by atoms with Gasteiger partial charge in [-0.1, -0.05) is 48.9 Å². The minimum Gasteiger partial charge on any atom is -0.495 e. The third-order valence-electron chi connectivity index (χ3n) is 4.59. The van der Waals surface area contributed by atoms with Crippen LogP contribution in [0.25, 0.3) is 0 Å². The van der Waals surface area contributed by atoms with Gasteiger partial charge < -0.3 is 10.1 Å². The average Bonchev–Trinajstić information content (AvgIpc) is 2.71. The summed E-state index contributed by atoms with van der Waals surface area (Å²) >= 11 is 6.12. The molecule has 2 rings (SSSR count). The molecule has 158 valence electrons. The SMILES string of the molecule is CCC(C)NC(=O)CN(CCc1ccccc1)S(=O)(=O)c1ccc(OC)c(Cl)c1. The van der Waals surface area contributed by atoms with Crippen LogP contribution in [0.3, 0.4) is 0 Å². The van der Waals surface area contributed by atoms with Gasteiger partial charge in [0, 0.05) is 12.6 Å². The number of methoxy groups -OCH3 is 1. The van der Waals surface area contributed by atoms with E-state index in [1.54, 1.807) is 0 Å². The molecular weight excluding hydrogens is 412 g/mol. The van der Waals surface area contributed by atoms with Crippen LogP contribution in [-0.2, 0) is 21.2 Å². The van der Waals surface area contributed by atoms with Crippen molar-refractivity contribution < 1.29 is 17.9 Å². The third-order valence-corrected chi connectivity index (χ3v) is 6.73. The number of carbonyl (C=O) groups excluding carboxylic acids is 1. The predicted molar refractivity (Wildman–Crippen MR) is 115 cm³/mol. The van der Waals surface area contributed by atoms with E-state index >= 15 is 0 Å². The molecule has 0 saturated heterocycles. The van der Waals surface area contributed by atoms with Crippen LogP contribution in [0.4, 0.5) is 0 Å². The summed E-state index contributed by atoms with van der Waals surface area (Å²) in [5.74, 6) is 0.0477. The van der Waals surface area contributed by atoms with Crippen LogP contribution in [0.5, 0.6) is 5.75 Å². The molecule has 0 aliphatic carbocycles. The fourth-order valence-electron chi connectivity index (χ4n) is 2.72. The lowest BCUT2D eigenvalue weighted by Gasteiger charge is -2.23. The zero-order chi connectivity index (χ0) is 21.4. The fourth-order valence-corrected chi connectivity index (χ4v) is 4.47. The lowest BCUT2D eigenvalue weighted by Crippen LogP contribution is -2.44. The van der Waals surface area contributed by atoms with Crippen LogP contribution in [0, 0.1) is 0 Å². The van der Waals surface area contributed by atoms with E-state index in [0.717, 1.165) is 12.0 Å². The van der Waals surface area contributed by atoms with Crippen molar-refractivity contribution >= 4 is 27.5 Å². The van der Waals surface area contributed by atoms with E-state index in [4.69, 9.17) is 16.3 Å². The van der Waals surface area contributed by atoms with Crippen molar-refractivity contribution in [1.29, 1.82) is 0 Å². The highest BCUT2D eigenvalue weighted by molar-refractivity contribution is 7.89. The van der Waals surface area contributed by atoms with Gasteiger partial charge in [-0.2, -0.15) is 4.31 Å². The van der Waals surface area contributed by atoms with Crippen LogP contribution in [0.15, 0.2) is 53.4 Å². The van der Waals surface area contributed by atoms with Crippen LogP contribution in [-0.4, -0.2) is 44.9 Å². The topological polar surface area (TPSA) is 75.7 Å². The summed E-state index contributed by atoms with van der Waals surface area (Å²) in [5, 5.41) is 3.02. The number of sulfonamides is 1. The fraction of sp³-hybridized carbons (Fsp3) is 0.381. The van der Waals surface area contributed by atoms with Gasteiger partial charge in [-0.3, -0.25) is 4.79 Å². The summed E-state index contributed by atoms with van der Waals surface area (Å²) in [6.45, 7) is 3.74. The van der Waals surface area contributed by atoms with Crippen LogP contribution in [0.2, 0.25) is 5.02 Å². The van der Waals surface area contributed by atoms with Crippen LogP contribution >= 0.6 is 11.6 Å². The highest BCUT2D eigenvalue weighted by Crippen LogP contribution is 2.28. The van der Waals surface area contributed by atoms with E-state index in [9.17, 15) is 13.2 Å². The zero-order valence-corrected chi connectivity index (χ0v) is 18.5. The average molecular weight is 439 g/mol. The van der Waals surface area contributed by atoms with Crippen LogP contribution < -0.4 is 10.1 Å². The molecule has 29 heavy (non-hydrogen) atoms. The zero-order valence-electron chi connectivity index (χ0n) is 16.9. The van der Waals surface area contributed by atoms with Gasteiger partial charge in [0.2, 0.25) is 15.9 Å². The Morgan fingerprint density at radius 2 is 1.90 bits per heavy atom. The van der Waals surface area contributed by atoms with E-state index in [1.807, 2.05) is 44.2 Å². The number of hydrogen-bond donors (Lipinski definition) is 1. The summed E-state index contributed by atoms with van der Waals surface area (Å²) in [6, 6.07) is 13.8. The maximum Gasteiger partial charge on any atom is 0.243 e. The Balaban J connectivity index is 2.28. The number of nitrogens with one attached hydrogen (secondary N) is 1. The van der Waals surface area contributed by atoms with Gasteiger partial charge >= 0.3 is 0 Å². The molecule has 6 nitrogen and oxygen atoms in total. The lowest BCUT2D eigenvalue weighted by molar-refractivity contribution is -0.121. The Morgan fingerprint density at radius 3 is 2.48 bits per heavy atom. The standard InChI is InChI=1S/C21H27ClN2O4S/c1-4-16(2)23-21(25)15-24(13-12-17-8-6-5-7-9-17)29(26,27)18-10-11-20(28-3)19(22)14-18/h5-11,14,16H,4,12-13,15H2,1-3H3,(H,23,25). The van der Waals surface area contributed by atoms with Gasteiger partial charge in [-0.15, -0.1) is 0 Å². The molecule has 0 aromatic heterocycles. The molecule has 0 aliphatic rings. The van der Waals surface area contributed by atoms with Crippen molar-refractivity contribution in [2.45, 2.75) is 37.6 Å². The number of nitrogens with zero attached hydrogens (tertiary/aromatic N) is 1. The van der Waals surface area contributed by atoms with Crippen molar-refractivity contribution in [3.8, 4) is 5.75 Å². The maximum absolute atomic E-state index is 13.2. The highest BCUT2D eigenvalue weighted by Gasteiger charge is 2.27. The van der Waals surface area contributed by atoms with Crippen molar-refractivity contribution in [2.24, 2.45) is 0 Å². The normalized spacial score (nSPS) is 12.6. The minimum atomic E-state index is -3.92. The monoisotopic (exact) mass is 438 g/mol. The summed E-state index contributed by atoms with van der Waals surface area (Å²) in [4.78, 5) is 12.4. The summed E-state index contributed by atoms with van der Waals surface area (Å²) in [7, 11) is -2.46. The molecule has 0 saturated carbocycles. The number of benzene rings is 2. The Labute approximate surface area is 177 Å². The maximum atomic E-state index is 13.2. The minimum absolute atomic E-state index is 0.0210. The number of halogens is 1. The molecule has 0 bridgehead atoms. The van der Waals surface area contributed by atoms with Gasteiger partial charge in [0.1, 0.15) is 5.75 Å². The van der Waals surface area contributed by atoms with Crippen molar-refractivity contribution in [2.75, 3.05) is 20.2 Å². The highest BCUT2D eigenvalue weighted by atomic mass is 35.5. The first-order valence-electron chi connectivity index (χ1n) is 9.45. The number of rotatable bonds is 10. The van der Waals surface area contributed by atoms with Gasteiger partial charge in [-0.05, 0) is 43.5 Å². The largest absolute Gasteiger partial charge is 0.495 e. The molecule has 0 fully saturated rings. The molecule has 2 aromatic rings. The first-order chi connectivity index (χ1) is 13.8. The summed E-state index contributed by atoms with van der Waals surface area (Å²) in [5.41, 5.74) is 0.989. The van der Waals surface area contributed by atoms with E-state index in [-0.39, 0.29) is 35.0 Å². The molecule has 8 heteroatoms. The van der Waals surface area contributed by atoms with E-state index in [1.165, 1.54) is 29.6 Å². The number of hydrogen-bond acceptors (Lipinski definition) is 4. The molecule has 1 amide bonds. The Kier molecular flexibility index (Phi) is 8.49. The number of carbonyl (C=O) groups is 1. The molecule has 0 aliphatic heterocycles. The van der Waals surface area contributed by atoms with E-state index in [2.05, 4.69) is 5.32 Å². The van der Waals surface area contributed by atoms with E-state index < -0.39 is 10.0 Å². The third kappa shape index (κ3) is 6.45. The first kappa shape index (κ1) is 23.2. The quantitative estimate of drug-likeness (QED) is 0.616. The Hall–Kier alpha value is -2.09. The number of amides is 1. The van der Waals surface area contributed by atoms with Gasteiger partial charge in [0.25, 0.3) is 0 Å². The van der Waals surface area contributed by atoms with Gasteiger partial charge in [-0.25, -0.2) is 8.42 Å². The Morgan fingerprint density at radius 1 is 1.21 bits per heavy atom. The smallest absolute Gasteiger partial charge is 0.243 e. The van der Waals surface area contributed by atoms with E-state index in [0.29, 0.717) is 12.2 Å². The second kappa shape index (κ2) is 10.6. The number of ether oxygens (including phenoxy) is 1. The van der Waals surface area contributed by atoms with Gasteiger partial charge in [0.15, 0.2) is 0 Å². The Bertz CT molecular complexity index is 920. The lowest BCUT2D eigenvalue weighted by atomic mass is 10.1. The molecule has 1 atom stereocenters. The van der Waals surface area contributed by atoms with Crippen molar-refractivity contribution in [3.05, 3.63) is 59.1 Å². The second-order valence-electron chi connectivity index (χ2n) is 6.75. The molecule has 2 aromatic carbocycles. The first-order valence-corrected chi connectivity index (χ1v) is 11.3.